The normalized spacial score (nSPS) is 13.7. The summed E-state index contributed by atoms with van der Waals surface area (Å²) >= 11 is 0. The molecule has 4 nitrogen and oxygen atoms in total. The van der Waals surface area contributed by atoms with Crippen LogP contribution in [0.2, 0.25) is 18.1 Å². The van der Waals surface area contributed by atoms with Crippen LogP contribution in [0.25, 0.3) is 0 Å². The van der Waals surface area contributed by atoms with Crippen LogP contribution in [0, 0.1) is 11.5 Å². The topological polar surface area (TPSA) is 44.8 Å². The zero-order chi connectivity index (χ0) is 20.6. The summed E-state index contributed by atoms with van der Waals surface area (Å²) in [5.41, 5.74) is 4.67. The number of phosphoric acid groups is 1. The van der Waals surface area contributed by atoms with Gasteiger partial charge in [0.15, 0.2) is 0 Å². The Morgan fingerprint density at radius 1 is 1.07 bits per heavy atom. The van der Waals surface area contributed by atoms with E-state index in [2.05, 4.69) is 57.5 Å². The molecule has 152 valence electrons. The highest BCUT2D eigenvalue weighted by Crippen LogP contribution is 2.50. The molecule has 1 unspecified atom stereocenters. The van der Waals surface area contributed by atoms with Crippen molar-refractivity contribution < 1.29 is 18.1 Å². The quantitative estimate of drug-likeness (QED) is 0.275. The Labute approximate surface area is 166 Å². The summed E-state index contributed by atoms with van der Waals surface area (Å²) in [6, 6.07) is 10.2. The van der Waals surface area contributed by atoms with Gasteiger partial charge in [-0.25, -0.2) is 4.57 Å². The van der Waals surface area contributed by atoms with Crippen LogP contribution in [0.4, 0.5) is 0 Å². The van der Waals surface area contributed by atoms with Crippen LogP contribution in [-0.4, -0.2) is 27.4 Å². The number of phosphoric ester groups is 1. The van der Waals surface area contributed by atoms with Gasteiger partial charge < -0.3 is 0 Å². The van der Waals surface area contributed by atoms with E-state index in [1.807, 2.05) is 18.2 Å². The van der Waals surface area contributed by atoms with E-state index in [-0.39, 0.29) is 18.3 Å². The van der Waals surface area contributed by atoms with E-state index in [4.69, 9.17) is 13.6 Å². The van der Waals surface area contributed by atoms with Crippen LogP contribution in [0.5, 0.6) is 0 Å². The van der Waals surface area contributed by atoms with Crippen molar-refractivity contribution in [2.75, 3.05) is 13.2 Å². The Morgan fingerprint density at radius 3 is 2.11 bits per heavy atom. The second kappa shape index (κ2) is 10.6. The largest absolute Gasteiger partial charge is 0.475 e. The lowest BCUT2D eigenvalue weighted by atomic mass is 10.1. The molecule has 0 saturated carbocycles. The first-order valence-electron chi connectivity index (χ1n) is 9.67. The molecule has 27 heavy (non-hydrogen) atoms. The molecule has 1 aromatic carbocycles. The first kappa shape index (κ1) is 24.1. The summed E-state index contributed by atoms with van der Waals surface area (Å²) in [6.45, 7) is 15.2. The predicted octanol–water partition coefficient (Wildman–Crippen LogP) is 6.24. The molecular formula is C21H35O4PSi. The highest BCUT2D eigenvalue weighted by molar-refractivity contribution is 7.48. The third-order valence-corrected chi connectivity index (χ3v) is 11.0. The molecule has 1 atom stereocenters. The maximum Gasteiger partial charge on any atom is 0.475 e. The third-order valence-electron chi connectivity index (χ3n) is 4.79. The molecule has 0 amide bonds. The molecule has 0 aliphatic carbocycles. The molecule has 0 radical (unpaired) electrons. The second-order valence-electron chi connectivity index (χ2n) is 8.05. The van der Waals surface area contributed by atoms with Crippen LogP contribution < -0.4 is 0 Å². The summed E-state index contributed by atoms with van der Waals surface area (Å²) in [5, 5.41) is 0.146. The van der Waals surface area contributed by atoms with Gasteiger partial charge in [0.05, 0.1) is 13.2 Å². The molecule has 1 rings (SSSR count). The Bertz CT molecular complexity index is 661. The molecule has 6 heteroatoms. The first-order valence-corrected chi connectivity index (χ1v) is 14.1. The fourth-order valence-corrected chi connectivity index (χ4v) is 4.31. The Hall–Kier alpha value is -0.893. The second-order valence-corrected chi connectivity index (χ2v) is 14.7. The van der Waals surface area contributed by atoms with E-state index in [0.717, 1.165) is 6.42 Å². The number of aryl methyl sites for hydroxylation is 1. The summed E-state index contributed by atoms with van der Waals surface area (Å²) in [6.07, 6.45) is 0.925. The minimum absolute atomic E-state index is 0.146. The molecule has 0 fully saturated rings. The lowest BCUT2D eigenvalue weighted by Gasteiger charge is -2.31. The molecule has 0 aliphatic heterocycles. The smallest absolute Gasteiger partial charge is 0.287 e. The molecule has 0 saturated heterocycles. The lowest BCUT2D eigenvalue weighted by Crippen LogP contribution is -2.36. The monoisotopic (exact) mass is 410 g/mol. The third kappa shape index (κ3) is 8.33. The van der Waals surface area contributed by atoms with Crippen molar-refractivity contribution in [2.24, 2.45) is 0 Å². The fraction of sp³-hybridized carbons (Fsp3) is 0.619. The Morgan fingerprint density at radius 2 is 1.63 bits per heavy atom. The zero-order valence-electron chi connectivity index (χ0n) is 17.9. The van der Waals surface area contributed by atoms with Crippen LogP contribution in [0.1, 0.15) is 46.6 Å². The average Bonchev–Trinajstić information content (AvgIpc) is 2.57. The van der Waals surface area contributed by atoms with E-state index in [9.17, 15) is 4.57 Å². The van der Waals surface area contributed by atoms with E-state index >= 15 is 0 Å². The molecule has 0 aromatic heterocycles. The van der Waals surface area contributed by atoms with E-state index in [1.54, 1.807) is 13.8 Å². The van der Waals surface area contributed by atoms with Gasteiger partial charge in [-0.2, -0.15) is 0 Å². The van der Waals surface area contributed by atoms with Crippen molar-refractivity contribution in [3.05, 3.63) is 35.9 Å². The summed E-state index contributed by atoms with van der Waals surface area (Å²) < 4.78 is 29.3. The number of hydrogen-bond acceptors (Lipinski definition) is 4. The maximum absolute atomic E-state index is 12.8. The van der Waals surface area contributed by atoms with Crippen LogP contribution in [-0.2, 0) is 24.6 Å². The fourth-order valence-electron chi connectivity index (χ4n) is 2.11. The van der Waals surface area contributed by atoms with Crippen molar-refractivity contribution >= 4 is 15.9 Å². The predicted molar refractivity (Wildman–Crippen MR) is 115 cm³/mol. The van der Waals surface area contributed by atoms with E-state index in [1.165, 1.54) is 5.56 Å². The summed E-state index contributed by atoms with van der Waals surface area (Å²) in [7, 11) is -5.41. The number of hydrogen-bond donors (Lipinski definition) is 0. The van der Waals surface area contributed by atoms with E-state index in [0.29, 0.717) is 6.42 Å². The first-order chi connectivity index (χ1) is 12.5. The van der Waals surface area contributed by atoms with Crippen molar-refractivity contribution in [1.82, 2.24) is 0 Å². The zero-order valence-corrected chi connectivity index (χ0v) is 19.8. The maximum atomic E-state index is 12.8. The number of rotatable bonds is 9. The van der Waals surface area contributed by atoms with Crippen molar-refractivity contribution in [3.63, 3.8) is 0 Å². The van der Waals surface area contributed by atoms with Crippen molar-refractivity contribution in [2.45, 2.75) is 71.7 Å². The minimum atomic E-state index is -3.61. The van der Waals surface area contributed by atoms with Crippen LogP contribution in [0.15, 0.2) is 30.3 Å². The molecule has 0 bridgehead atoms. The van der Waals surface area contributed by atoms with Gasteiger partial charge >= 0.3 is 7.82 Å². The molecule has 1 aromatic rings. The molecule has 0 N–H and O–H groups in total. The standard InChI is InChI=1S/C21H35O4PSi/c1-8-23-26(22,24-9-2)25-20(16-15-19-13-11-10-12-14-19)17-18-27(6,7)21(3,4)5/h10-14,20H,8-9,15-16H2,1-7H3. The van der Waals surface area contributed by atoms with Gasteiger partial charge in [0.1, 0.15) is 14.2 Å². The van der Waals surface area contributed by atoms with Gasteiger partial charge in [-0.15, -0.1) is 5.54 Å². The van der Waals surface area contributed by atoms with Gasteiger partial charge in [-0.05, 0) is 37.3 Å². The van der Waals surface area contributed by atoms with Crippen molar-refractivity contribution in [1.29, 1.82) is 0 Å². The lowest BCUT2D eigenvalue weighted by molar-refractivity contribution is 0.101. The Balaban J connectivity index is 3.03. The molecule has 0 spiro atoms. The van der Waals surface area contributed by atoms with Crippen LogP contribution in [0.3, 0.4) is 0 Å². The average molecular weight is 411 g/mol. The molecule has 0 heterocycles. The van der Waals surface area contributed by atoms with E-state index < -0.39 is 22.0 Å². The Kier molecular flexibility index (Phi) is 9.48. The SMILES string of the molecule is CCOP(=O)(OCC)OC(C#C[Si](C)(C)C(C)(C)C)CCc1ccccc1. The summed E-state index contributed by atoms with van der Waals surface area (Å²) in [5.74, 6) is 3.27. The number of benzene rings is 1. The van der Waals surface area contributed by atoms with Gasteiger partial charge in [0, 0.05) is 0 Å². The van der Waals surface area contributed by atoms with Gasteiger partial charge in [-0.1, -0.05) is 70.1 Å². The summed E-state index contributed by atoms with van der Waals surface area (Å²) in [4.78, 5) is 0. The molecule has 0 aliphatic rings. The van der Waals surface area contributed by atoms with Crippen molar-refractivity contribution in [3.8, 4) is 11.5 Å². The highest BCUT2D eigenvalue weighted by atomic mass is 31.2. The van der Waals surface area contributed by atoms with Gasteiger partial charge in [0.25, 0.3) is 0 Å². The van der Waals surface area contributed by atoms with Crippen LogP contribution >= 0.6 is 7.82 Å². The van der Waals surface area contributed by atoms with Gasteiger partial charge in [-0.3, -0.25) is 13.6 Å². The van der Waals surface area contributed by atoms with Gasteiger partial charge in [0.2, 0.25) is 0 Å². The molecular weight excluding hydrogens is 375 g/mol. The highest BCUT2D eigenvalue weighted by Gasteiger charge is 2.34. The minimum Gasteiger partial charge on any atom is -0.287 e.